The number of carbonyl (C=O) groups is 3. The normalized spacial score (nSPS) is 14.8. The number of anilines is 1. The molecule has 1 aliphatic rings. The molecule has 0 atom stereocenters. The molecule has 1 aliphatic heterocycles. The molecule has 21 heavy (non-hydrogen) atoms. The largest absolute Gasteiger partial charge is 0.467 e. The third-order valence-corrected chi connectivity index (χ3v) is 3.49. The monoisotopic (exact) mass is 291 g/mol. The van der Waals surface area contributed by atoms with Gasteiger partial charge >= 0.3 is 11.9 Å². The second-order valence-electron chi connectivity index (χ2n) is 5.06. The zero-order chi connectivity index (χ0) is 15.6. The average Bonchev–Trinajstić information content (AvgIpc) is 2.84. The molecule has 0 aromatic heterocycles. The number of ketones is 1. The molecule has 1 N–H and O–H groups in total. The second kappa shape index (κ2) is 5.55. The lowest BCUT2D eigenvalue weighted by atomic mass is 9.94. The van der Waals surface area contributed by atoms with Crippen LogP contribution in [0.15, 0.2) is 18.2 Å². The van der Waals surface area contributed by atoms with Crippen molar-refractivity contribution in [3.63, 3.8) is 0 Å². The first kappa shape index (κ1) is 15.0. The Morgan fingerprint density at radius 2 is 1.81 bits per heavy atom. The fourth-order valence-corrected chi connectivity index (χ4v) is 2.55. The highest BCUT2D eigenvalue weighted by atomic mass is 16.5. The molecular formula is C15H17NO5. The minimum Gasteiger partial charge on any atom is -0.467 e. The molecule has 6 nitrogen and oxygen atoms in total. The minimum atomic E-state index is -1.55. The highest BCUT2D eigenvalue weighted by Crippen LogP contribution is 2.35. The van der Waals surface area contributed by atoms with Crippen LogP contribution in [-0.2, 0) is 36.7 Å². The van der Waals surface area contributed by atoms with Gasteiger partial charge in [0.15, 0.2) is 0 Å². The number of ether oxygens (including phenoxy) is 2. The summed E-state index contributed by atoms with van der Waals surface area (Å²) in [5.74, 6) is -1.34. The van der Waals surface area contributed by atoms with Gasteiger partial charge in [0.25, 0.3) is 0 Å². The van der Waals surface area contributed by atoms with Crippen molar-refractivity contribution >= 4 is 23.4 Å². The molecule has 0 amide bonds. The van der Waals surface area contributed by atoms with Crippen LogP contribution in [0.5, 0.6) is 0 Å². The Kier molecular flexibility index (Phi) is 3.97. The van der Waals surface area contributed by atoms with Gasteiger partial charge in [-0.3, -0.25) is 4.79 Å². The van der Waals surface area contributed by atoms with E-state index >= 15 is 0 Å². The molecule has 112 valence electrons. The van der Waals surface area contributed by atoms with Gasteiger partial charge in [0.05, 0.1) is 14.2 Å². The Hall–Kier alpha value is -2.37. The highest BCUT2D eigenvalue weighted by molar-refractivity contribution is 6.09. The number of Topliss-reactive ketones (excluding diaryl/α,β-unsaturated/α-hetero) is 1. The van der Waals surface area contributed by atoms with E-state index in [1.165, 1.54) is 21.1 Å². The van der Waals surface area contributed by atoms with E-state index in [0.717, 1.165) is 11.1 Å². The van der Waals surface area contributed by atoms with E-state index in [9.17, 15) is 14.4 Å². The second-order valence-corrected chi connectivity index (χ2v) is 5.06. The number of hydrogen-bond acceptors (Lipinski definition) is 6. The lowest BCUT2D eigenvalue weighted by Crippen LogP contribution is -2.53. The first-order chi connectivity index (χ1) is 9.92. The topological polar surface area (TPSA) is 81.7 Å². The SMILES string of the molecule is COC(=O)C1(C(=O)OC)Cc2cc(CC(C)=O)ccc2N1. The molecule has 0 fully saturated rings. The van der Waals surface area contributed by atoms with E-state index in [-0.39, 0.29) is 12.2 Å². The molecule has 1 aromatic carbocycles. The van der Waals surface area contributed by atoms with Crippen LogP contribution in [0.1, 0.15) is 18.1 Å². The van der Waals surface area contributed by atoms with Gasteiger partial charge in [0, 0.05) is 18.5 Å². The van der Waals surface area contributed by atoms with Gasteiger partial charge < -0.3 is 14.8 Å². The Morgan fingerprint density at radius 3 is 2.33 bits per heavy atom. The standard InChI is InChI=1S/C15H17NO5/c1-9(17)6-10-4-5-12-11(7-10)8-15(16-12,13(18)20-2)14(19)21-3/h4-5,7,16H,6,8H2,1-3H3. The van der Waals surface area contributed by atoms with Gasteiger partial charge in [-0.05, 0) is 24.1 Å². The van der Waals surface area contributed by atoms with Gasteiger partial charge in [0.1, 0.15) is 5.78 Å². The van der Waals surface area contributed by atoms with Gasteiger partial charge in [-0.15, -0.1) is 0 Å². The zero-order valence-electron chi connectivity index (χ0n) is 12.2. The minimum absolute atomic E-state index is 0.0492. The van der Waals surface area contributed by atoms with Crippen molar-refractivity contribution in [1.29, 1.82) is 0 Å². The van der Waals surface area contributed by atoms with E-state index in [4.69, 9.17) is 9.47 Å². The third-order valence-electron chi connectivity index (χ3n) is 3.49. The molecule has 1 aromatic rings. The summed E-state index contributed by atoms with van der Waals surface area (Å²) < 4.78 is 9.46. The number of fused-ring (bicyclic) bond motifs is 1. The van der Waals surface area contributed by atoms with Crippen molar-refractivity contribution in [2.45, 2.75) is 25.3 Å². The summed E-state index contributed by atoms with van der Waals surface area (Å²) in [7, 11) is 2.44. The van der Waals surface area contributed by atoms with Crippen molar-refractivity contribution in [2.75, 3.05) is 19.5 Å². The summed E-state index contributed by atoms with van der Waals surface area (Å²) in [6.07, 6.45) is 0.449. The Morgan fingerprint density at radius 1 is 1.19 bits per heavy atom. The molecule has 1 heterocycles. The van der Waals surface area contributed by atoms with Gasteiger partial charge in [-0.2, -0.15) is 0 Å². The molecule has 0 spiro atoms. The fraction of sp³-hybridized carbons (Fsp3) is 0.400. The number of carbonyl (C=O) groups excluding carboxylic acids is 3. The molecule has 0 bridgehead atoms. The van der Waals surface area contributed by atoms with Gasteiger partial charge in [-0.1, -0.05) is 12.1 Å². The van der Waals surface area contributed by atoms with Crippen molar-refractivity contribution in [3.05, 3.63) is 29.3 Å². The molecule has 2 rings (SSSR count). The van der Waals surface area contributed by atoms with Crippen LogP contribution in [0.4, 0.5) is 5.69 Å². The molecule has 0 unspecified atom stereocenters. The number of rotatable bonds is 4. The predicted molar refractivity (Wildman–Crippen MR) is 74.9 cm³/mol. The van der Waals surface area contributed by atoms with E-state index in [2.05, 4.69) is 5.32 Å². The predicted octanol–water partition coefficient (Wildman–Crippen LogP) is 0.871. The van der Waals surface area contributed by atoms with Crippen LogP contribution >= 0.6 is 0 Å². The summed E-state index contributed by atoms with van der Waals surface area (Å²) in [4.78, 5) is 35.2. The van der Waals surface area contributed by atoms with Crippen LogP contribution < -0.4 is 5.32 Å². The molecule has 0 aliphatic carbocycles. The van der Waals surface area contributed by atoms with Crippen molar-refractivity contribution in [1.82, 2.24) is 0 Å². The molecular weight excluding hydrogens is 274 g/mol. The Bertz CT molecular complexity index is 592. The van der Waals surface area contributed by atoms with Crippen LogP contribution in [0.25, 0.3) is 0 Å². The van der Waals surface area contributed by atoms with Crippen LogP contribution in [-0.4, -0.2) is 37.5 Å². The lowest BCUT2D eigenvalue weighted by molar-refractivity contribution is -0.159. The smallest absolute Gasteiger partial charge is 0.343 e. The maximum Gasteiger partial charge on any atom is 0.343 e. The summed E-state index contributed by atoms with van der Waals surface area (Å²) in [5, 5.41) is 2.90. The van der Waals surface area contributed by atoms with Crippen molar-refractivity contribution < 1.29 is 23.9 Å². The van der Waals surface area contributed by atoms with E-state index < -0.39 is 17.5 Å². The quantitative estimate of drug-likeness (QED) is 0.655. The van der Waals surface area contributed by atoms with Crippen LogP contribution in [0, 0.1) is 0 Å². The molecule has 0 saturated carbocycles. The average molecular weight is 291 g/mol. The molecule has 0 radical (unpaired) electrons. The van der Waals surface area contributed by atoms with Crippen LogP contribution in [0.2, 0.25) is 0 Å². The zero-order valence-corrected chi connectivity index (χ0v) is 12.2. The van der Waals surface area contributed by atoms with Gasteiger partial charge in [0.2, 0.25) is 5.54 Å². The van der Waals surface area contributed by atoms with E-state index in [0.29, 0.717) is 12.1 Å². The lowest BCUT2D eigenvalue weighted by Gasteiger charge is -2.23. The number of hydrogen-bond donors (Lipinski definition) is 1. The van der Waals surface area contributed by atoms with Crippen LogP contribution in [0.3, 0.4) is 0 Å². The maximum absolute atomic E-state index is 12.0. The van der Waals surface area contributed by atoms with Crippen molar-refractivity contribution in [3.8, 4) is 0 Å². The molecule has 0 saturated heterocycles. The van der Waals surface area contributed by atoms with E-state index in [1.807, 2.05) is 6.07 Å². The number of esters is 2. The molecule has 6 heteroatoms. The van der Waals surface area contributed by atoms with Crippen molar-refractivity contribution in [2.24, 2.45) is 0 Å². The fourth-order valence-electron chi connectivity index (χ4n) is 2.55. The number of methoxy groups -OCH3 is 2. The summed E-state index contributed by atoms with van der Waals surface area (Å²) in [5.41, 5.74) is 0.733. The Balaban J connectivity index is 2.37. The summed E-state index contributed by atoms with van der Waals surface area (Å²) in [6.45, 7) is 1.51. The first-order valence-corrected chi connectivity index (χ1v) is 6.49. The maximum atomic E-state index is 12.0. The highest BCUT2D eigenvalue weighted by Gasteiger charge is 2.52. The Labute approximate surface area is 122 Å². The summed E-state index contributed by atoms with van der Waals surface area (Å²) >= 11 is 0. The number of nitrogens with one attached hydrogen (secondary N) is 1. The van der Waals surface area contributed by atoms with Gasteiger partial charge in [-0.25, -0.2) is 9.59 Å². The number of benzene rings is 1. The summed E-state index contributed by atoms with van der Waals surface area (Å²) in [6, 6.07) is 5.36. The third kappa shape index (κ3) is 2.61. The van der Waals surface area contributed by atoms with E-state index in [1.54, 1.807) is 12.1 Å². The first-order valence-electron chi connectivity index (χ1n) is 6.49.